The van der Waals surface area contributed by atoms with Crippen LogP contribution in [0, 0.1) is 4.91 Å². The molecule has 0 radical (unpaired) electrons. The molecule has 1 atom stereocenters. The Labute approximate surface area is 59.0 Å². The number of aliphatic hydroxyl groups excluding tert-OH is 2. The van der Waals surface area contributed by atoms with Gasteiger partial charge in [0.15, 0.2) is 0 Å². The zero-order valence-electron chi connectivity index (χ0n) is 5.66. The summed E-state index contributed by atoms with van der Waals surface area (Å²) in [6, 6.07) is 0. The normalized spacial score (nSPS) is 13.0. The van der Waals surface area contributed by atoms with E-state index in [9.17, 15) is 4.91 Å². The number of nitroso groups, excluding NO2 is 1. The molecule has 0 aromatic heterocycles. The third kappa shape index (κ3) is 5.61. The SMILES string of the molecule is O=NCC(O)CNCCO. The van der Waals surface area contributed by atoms with Crippen LogP contribution in [0.5, 0.6) is 0 Å². The van der Waals surface area contributed by atoms with E-state index in [4.69, 9.17) is 10.2 Å². The molecule has 0 aliphatic carbocycles. The molecule has 0 aromatic carbocycles. The van der Waals surface area contributed by atoms with Gasteiger partial charge in [0.1, 0.15) is 6.54 Å². The molecule has 10 heavy (non-hydrogen) atoms. The van der Waals surface area contributed by atoms with Crippen molar-refractivity contribution in [2.45, 2.75) is 6.10 Å². The minimum atomic E-state index is -0.732. The molecule has 0 saturated heterocycles. The molecule has 0 aliphatic rings. The van der Waals surface area contributed by atoms with Crippen LogP contribution in [0.3, 0.4) is 0 Å². The first kappa shape index (κ1) is 9.48. The highest BCUT2D eigenvalue weighted by molar-refractivity contribution is 4.60. The van der Waals surface area contributed by atoms with Crippen molar-refractivity contribution in [3.8, 4) is 0 Å². The van der Waals surface area contributed by atoms with E-state index in [-0.39, 0.29) is 13.2 Å². The first-order chi connectivity index (χ1) is 4.81. The summed E-state index contributed by atoms with van der Waals surface area (Å²) < 4.78 is 0. The maximum atomic E-state index is 9.56. The Morgan fingerprint density at radius 1 is 1.60 bits per heavy atom. The molecule has 0 rings (SSSR count). The highest BCUT2D eigenvalue weighted by atomic mass is 16.3. The average Bonchev–Trinajstić information content (AvgIpc) is 1.89. The fourth-order valence-corrected chi connectivity index (χ4v) is 0.498. The van der Waals surface area contributed by atoms with E-state index in [1.54, 1.807) is 0 Å². The molecule has 0 saturated carbocycles. The van der Waals surface area contributed by atoms with E-state index >= 15 is 0 Å². The quantitative estimate of drug-likeness (QED) is 0.323. The zero-order valence-corrected chi connectivity index (χ0v) is 5.66. The second kappa shape index (κ2) is 6.60. The smallest absolute Gasteiger partial charge is 0.108 e. The van der Waals surface area contributed by atoms with Crippen LogP contribution in [-0.4, -0.2) is 42.6 Å². The summed E-state index contributed by atoms with van der Waals surface area (Å²) in [6.45, 7) is 0.655. The predicted octanol–water partition coefficient (Wildman–Crippen LogP) is -1.30. The van der Waals surface area contributed by atoms with Crippen molar-refractivity contribution < 1.29 is 10.2 Å². The molecular formula is C5H12N2O3. The highest BCUT2D eigenvalue weighted by Gasteiger charge is 2.00. The molecule has 0 bridgehead atoms. The molecule has 3 N–H and O–H groups in total. The highest BCUT2D eigenvalue weighted by Crippen LogP contribution is 1.79. The minimum Gasteiger partial charge on any atom is -0.395 e. The largest absolute Gasteiger partial charge is 0.395 e. The van der Waals surface area contributed by atoms with Crippen LogP contribution in [0.1, 0.15) is 0 Å². The Kier molecular flexibility index (Phi) is 6.25. The number of rotatable bonds is 6. The van der Waals surface area contributed by atoms with E-state index in [1.807, 2.05) is 0 Å². The van der Waals surface area contributed by atoms with Crippen molar-refractivity contribution in [3.05, 3.63) is 4.91 Å². The lowest BCUT2D eigenvalue weighted by molar-refractivity contribution is 0.176. The van der Waals surface area contributed by atoms with Gasteiger partial charge in [-0.05, 0) is 0 Å². The Morgan fingerprint density at radius 3 is 2.80 bits per heavy atom. The van der Waals surface area contributed by atoms with Crippen LogP contribution in [0.4, 0.5) is 0 Å². The Balaban J connectivity index is 3.04. The number of hydrogen-bond acceptors (Lipinski definition) is 5. The second-order valence-corrected chi connectivity index (χ2v) is 1.89. The molecule has 60 valence electrons. The molecule has 0 spiro atoms. The lowest BCUT2D eigenvalue weighted by atomic mass is 10.3. The topological polar surface area (TPSA) is 81.9 Å². The fraction of sp³-hybridized carbons (Fsp3) is 1.00. The summed E-state index contributed by atoms with van der Waals surface area (Å²) in [5, 5.41) is 22.4. The number of aliphatic hydroxyl groups is 2. The van der Waals surface area contributed by atoms with Crippen molar-refractivity contribution in [2.24, 2.45) is 5.18 Å². The van der Waals surface area contributed by atoms with E-state index < -0.39 is 6.10 Å². The summed E-state index contributed by atoms with van der Waals surface area (Å²) in [7, 11) is 0. The first-order valence-electron chi connectivity index (χ1n) is 3.10. The fourth-order valence-electron chi connectivity index (χ4n) is 0.498. The standard InChI is InChI=1S/C5H12N2O3/c8-2-1-6-3-5(9)4-7-10/h5-6,8-9H,1-4H2. The monoisotopic (exact) mass is 148 g/mol. The number of hydrogen-bond donors (Lipinski definition) is 3. The average molecular weight is 148 g/mol. The third-order valence-electron chi connectivity index (χ3n) is 0.954. The molecule has 0 aliphatic heterocycles. The van der Waals surface area contributed by atoms with E-state index in [2.05, 4.69) is 10.5 Å². The summed E-state index contributed by atoms with van der Waals surface area (Å²) >= 11 is 0. The van der Waals surface area contributed by atoms with E-state index in [0.29, 0.717) is 13.1 Å². The molecule has 0 amide bonds. The molecule has 1 unspecified atom stereocenters. The lowest BCUT2D eigenvalue weighted by Gasteiger charge is -2.05. The summed E-state index contributed by atoms with van der Waals surface area (Å²) in [5.74, 6) is 0. The first-order valence-corrected chi connectivity index (χ1v) is 3.10. The van der Waals surface area contributed by atoms with Gasteiger partial charge in [0.25, 0.3) is 0 Å². The number of nitrogens with one attached hydrogen (secondary N) is 1. The summed E-state index contributed by atoms with van der Waals surface area (Å²) in [6.07, 6.45) is -0.732. The lowest BCUT2D eigenvalue weighted by Crippen LogP contribution is -2.30. The Bertz CT molecular complexity index is 89.0. The molecule has 5 heteroatoms. The van der Waals surface area contributed by atoms with Crippen molar-refractivity contribution >= 4 is 0 Å². The van der Waals surface area contributed by atoms with Crippen LogP contribution >= 0.6 is 0 Å². The Hall–Kier alpha value is -0.520. The van der Waals surface area contributed by atoms with Gasteiger partial charge in [-0.2, -0.15) is 4.91 Å². The number of nitrogens with zero attached hydrogens (tertiary/aromatic N) is 1. The van der Waals surface area contributed by atoms with Crippen molar-refractivity contribution in [1.82, 2.24) is 5.32 Å². The van der Waals surface area contributed by atoms with Crippen molar-refractivity contribution in [2.75, 3.05) is 26.2 Å². The van der Waals surface area contributed by atoms with Gasteiger partial charge in [0.2, 0.25) is 0 Å². The minimum absolute atomic E-state index is 0.0290. The van der Waals surface area contributed by atoms with Gasteiger partial charge in [-0.15, -0.1) is 0 Å². The van der Waals surface area contributed by atoms with Gasteiger partial charge >= 0.3 is 0 Å². The Morgan fingerprint density at radius 2 is 2.30 bits per heavy atom. The molecular weight excluding hydrogens is 136 g/mol. The second-order valence-electron chi connectivity index (χ2n) is 1.89. The predicted molar refractivity (Wildman–Crippen MR) is 36.6 cm³/mol. The van der Waals surface area contributed by atoms with Gasteiger partial charge in [0.05, 0.1) is 12.7 Å². The summed E-state index contributed by atoms with van der Waals surface area (Å²) in [4.78, 5) is 9.56. The van der Waals surface area contributed by atoms with Gasteiger partial charge in [-0.1, -0.05) is 5.18 Å². The molecule has 0 fully saturated rings. The van der Waals surface area contributed by atoms with Crippen LogP contribution in [0.15, 0.2) is 5.18 Å². The van der Waals surface area contributed by atoms with E-state index in [0.717, 1.165) is 0 Å². The van der Waals surface area contributed by atoms with Crippen molar-refractivity contribution in [3.63, 3.8) is 0 Å². The maximum Gasteiger partial charge on any atom is 0.108 e. The zero-order chi connectivity index (χ0) is 7.82. The van der Waals surface area contributed by atoms with Gasteiger partial charge < -0.3 is 15.5 Å². The van der Waals surface area contributed by atoms with Crippen LogP contribution in [0.2, 0.25) is 0 Å². The van der Waals surface area contributed by atoms with Crippen LogP contribution in [0.25, 0.3) is 0 Å². The van der Waals surface area contributed by atoms with Gasteiger partial charge in [-0.3, -0.25) is 0 Å². The van der Waals surface area contributed by atoms with Gasteiger partial charge in [-0.25, -0.2) is 0 Å². The van der Waals surface area contributed by atoms with Gasteiger partial charge in [0, 0.05) is 13.1 Å². The van der Waals surface area contributed by atoms with Crippen LogP contribution < -0.4 is 5.32 Å². The molecule has 0 heterocycles. The maximum absolute atomic E-state index is 9.56. The third-order valence-corrected chi connectivity index (χ3v) is 0.954. The van der Waals surface area contributed by atoms with E-state index in [1.165, 1.54) is 0 Å². The van der Waals surface area contributed by atoms with Crippen LogP contribution in [-0.2, 0) is 0 Å². The molecule has 0 aromatic rings. The molecule has 5 nitrogen and oxygen atoms in total. The summed E-state index contributed by atoms with van der Waals surface area (Å²) in [5.41, 5.74) is 0. The van der Waals surface area contributed by atoms with Crippen molar-refractivity contribution in [1.29, 1.82) is 0 Å².